The number of benzene rings is 2. The van der Waals surface area contributed by atoms with Gasteiger partial charge in [0.15, 0.2) is 11.5 Å². The van der Waals surface area contributed by atoms with Gasteiger partial charge < -0.3 is 28.5 Å². The van der Waals surface area contributed by atoms with Gasteiger partial charge in [0.1, 0.15) is 41.8 Å². The Kier molecular flexibility index (Phi) is 7.12. The van der Waals surface area contributed by atoms with Crippen molar-refractivity contribution in [3.63, 3.8) is 0 Å². The Hall–Kier alpha value is -3.76. The van der Waals surface area contributed by atoms with Crippen molar-refractivity contribution in [3.05, 3.63) is 53.1 Å². The number of methoxy groups -OCH3 is 2. The third-order valence-electron chi connectivity index (χ3n) is 9.05. The summed E-state index contributed by atoms with van der Waals surface area (Å²) in [6, 6.07) is 7.45. The molecule has 2 aromatic carbocycles. The first kappa shape index (κ1) is 29.3. The number of rotatable bonds is 5. The molecule has 1 fully saturated rings. The molecule has 2 aromatic rings. The summed E-state index contributed by atoms with van der Waals surface area (Å²) in [5, 5.41) is 18.6. The maximum Gasteiger partial charge on any atom is 0.338 e. The summed E-state index contributed by atoms with van der Waals surface area (Å²) in [6.07, 6.45) is 0.748. The third kappa shape index (κ3) is 4.90. The quantitative estimate of drug-likeness (QED) is 0.259. The van der Waals surface area contributed by atoms with E-state index < -0.39 is 35.0 Å². The summed E-state index contributed by atoms with van der Waals surface area (Å²) in [7, 11) is 3.15. The first-order valence-electron chi connectivity index (χ1n) is 14.6. The second-order valence-corrected chi connectivity index (χ2v) is 13.2. The Bertz CT molecular complexity index is 1490. The van der Waals surface area contributed by atoms with Gasteiger partial charge in [0, 0.05) is 40.3 Å². The molecule has 0 unspecified atom stereocenters. The van der Waals surface area contributed by atoms with E-state index in [1.807, 2.05) is 52.8 Å². The van der Waals surface area contributed by atoms with Crippen molar-refractivity contribution in [2.75, 3.05) is 20.8 Å². The van der Waals surface area contributed by atoms with E-state index in [2.05, 4.69) is 11.7 Å². The van der Waals surface area contributed by atoms with E-state index in [1.165, 1.54) is 0 Å². The van der Waals surface area contributed by atoms with Crippen LogP contribution in [-0.2, 0) is 21.3 Å². The van der Waals surface area contributed by atoms with Crippen LogP contribution in [0, 0.1) is 5.92 Å². The minimum Gasteiger partial charge on any atom is -0.493 e. The van der Waals surface area contributed by atoms with Crippen LogP contribution < -0.4 is 23.7 Å². The van der Waals surface area contributed by atoms with Gasteiger partial charge in [-0.3, -0.25) is 0 Å². The van der Waals surface area contributed by atoms with Crippen molar-refractivity contribution >= 4 is 11.7 Å². The molecular formula is C33H39N2O8. The monoisotopic (exact) mass is 591 g/mol. The average Bonchev–Trinajstić information content (AvgIpc) is 3.42. The summed E-state index contributed by atoms with van der Waals surface area (Å²) >= 11 is 0. The van der Waals surface area contributed by atoms with Gasteiger partial charge in [-0.2, -0.15) is 0 Å². The molecule has 0 amide bonds. The second-order valence-electron chi connectivity index (χ2n) is 13.2. The maximum atomic E-state index is 13.6. The van der Waals surface area contributed by atoms with Gasteiger partial charge in [-0.25, -0.2) is 4.79 Å². The molecule has 43 heavy (non-hydrogen) atoms. The van der Waals surface area contributed by atoms with Crippen LogP contribution in [0.15, 0.2) is 41.6 Å². The van der Waals surface area contributed by atoms with Crippen molar-refractivity contribution in [3.8, 4) is 28.7 Å². The lowest BCUT2D eigenvalue weighted by molar-refractivity contribution is -0.293. The molecule has 0 aliphatic carbocycles. The number of fused-ring (bicyclic) bond motifs is 6. The van der Waals surface area contributed by atoms with Crippen molar-refractivity contribution < 1.29 is 38.5 Å². The Labute approximate surface area is 252 Å². The SMILES string of the molecule is C=C(C)[C@H]1Cc2c(ccc3c2O[C@@H]2COc4cc(OC)c(OC)cc4[C@@H]2/C3=N\OC(=O)C2CC(C)(C)N([O])C(C)(C)C2)O1. The Morgan fingerprint density at radius 1 is 1.02 bits per heavy atom. The summed E-state index contributed by atoms with van der Waals surface area (Å²) < 4.78 is 30.1. The molecule has 1 radical (unpaired) electrons. The summed E-state index contributed by atoms with van der Waals surface area (Å²) in [5.74, 6) is 1.71. The number of hydroxylamine groups is 2. The Morgan fingerprint density at radius 3 is 2.35 bits per heavy atom. The molecule has 4 aliphatic heterocycles. The highest BCUT2D eigenvalue weighted by Gasteiger charge is 2.49. The molecule has 4 heterocycles. The molecular weight excluding hydrogens is 552 g/mol. The number of ether oxygens (including phenoxy) is 5. The molecule has 0 saturated carbocycles. The lowest BCUT2D eigenvalue weighted by Gasteiger charge is -2.48. The third-order valence-corrected chi connectivity index (χ3v) is 9.05. The highest BCUT2D eigenvalue weighted by molar-refractivity contribution is 6.09. The van der Waals surface area contributed by atoms with Crippen molar-refractivity contribution in [1.29, 1.82) is 0 Å². The normalized spacial score (nSPS) is 26.0. The number of nitrogens with zero attached hydrogens (tertiary/aromatic N) is 2. The highest BCUT2D eigenvalue weighted by Crippen LogP contribution is 2.50. The molecule has 3 atom stereocenters. The fraction of sp³-hybridized carbons (Fsp3) is 0.515. The Balaban J connectivity index is 1.42. The lowest BCUT2D eigenvalue weighted by Crippen LogP contribution is -2.59. The average molecular weight is 592 g/mol. The van der Waals surface area contributed by atoms with E-state index in [9.17, 15) is 10.0 Å². The van der Waals surface area contributed by atoms with Crippen LogP contribution in [0.3, 0.4) is 0 Å². The van der Waals surface area contributed by atoms with Crippen LogP contribution in [-0.4, -0.2) is 60.9 Å². The minimum absolute atomic E-state index is 0.153. The Morgan fingerprint density at radius 2 is 1.70 bits per heavy atom. The van der Waals surface area contributed by atoms with Gasteiger partial charge in [0.05, 0.1) is 26.1 Å². The molecule has 0 bridgehead atoms. The van der Waals surface area contributed by atoms with Crippen molar-refractivity contribution in [1.82, 2.24) is 5.06 Å². The van der Waals surface area contributed by atoms with Crippen LogP contribution in [0.25, 0.3) is 0 Å². The fourth-order valence-electron chi connectivity index (χ4n) is 7.07. The minimum atomic E-state index is -0.718. The summed E-state index contributed by atoms with van der Waals surface area (Å²) in [4.78, 5) is 19.3. The molecule has 6 rings (SSSR count). The molecule has 10 nitrogen and oxygen atoms in total. The van der Waals surface area contributed by atoms with E-state index in [-0.39, 0.29) is 12.7 Å². The molecule has 0 N–H and O–H groups in total. The predicted octanol–water partition coefficient (Wildman–Crippen LogP) is 5.38. The zero-order chi connectivity index (χ0) is 30.8. The fourth-order valence-corrected chi connectivity index (χ4v) is 7.07. The summed E-state index contributed by atoms with van der Waals surface area (Å²) in [6.45, 7) is 13.7. The molecule has 4 aliphatic rings. The molecule has 229 valence electrons. The number of hydrogen-bond donors (Lipinski definition) is 0. The van der Waals surface area contributed by atoms with Crippen molar-refractivity contribution in [2.24, 2.45) is 11.1 Å². The van der Waals surface area contributed by atoms with E-state index in [1.54, 1.807) is 20.3 Å². The molecule has 0 aromatic heterocycles. The van der Waals surface area contributed by atoms with Crippen LogP contribution in [0.5, 0.6) is 28.7 Å². The van der Waals surface area contributed by atoms with Gasteiger partial charge in [-0.1, -0.05) is 11.7 Å². The first-order valence-corrected chi connectivity index (χ1v) is 14.6. The largest absolute Gasteiger partial charge is 0.493 e. The van der Waals surface area contributed by atoms with E-state index in [0.29, 0.717) is 48.0 Å². The molecule has 10 heteroatoms. The zero-order valence-electron chi connectivity index (χ0n) is 25.8. The van der Waals surface area contributed by atoms with Crippen LogP contribution in [0.4, 0.5) is 0 Å². The van der Waals surface area contributed by atoms with Gasteiger partial charge in [-0.15, -0.1) is 10.3 Å². The van der Waals surface area contributed by atoms with Crippen LogP contribution >= 0.6 is 0 Å². The predicted molar refractivity (Wildman–Crippen MR) is 158 cm³/mol. The second kappa shape index (κ2) is 10.4. The number of carbonyl (C=O) groups is 1. The van der Waals surface area contributed by atoms with Gasteiger partial charge in [0.25, 0.3) is 0 Å². The van der Waals surface area contributed by atoms with Crippen molar-refractivity contribution in [2.45, 2.75) is 83.1 Å². The molecule has 1 saturated heterocycles. The van der Waals surface area contributed by atoms with Gasteiger partial charge >= 0.3 is 5.97 Å². The van der Waals surface area contributed by atoms with Gasteiger partial charge in [0.2, 0.25) is 0 Å². The zero-order valence-corrected chi connectivity index (χ0v) is 25.8. The highest BCUT2D eigenvalue weighted by atomic mass is 16.7. The van der Waals surface area contributed by atoms with Crippen LogP contribution in [0.2, 0.25) is 0 Å². The standard InChI is InChI=1S/C33H39N2O8/c1-17(2)23-12-21-22(41-23)10-9-19-29(34-43-31(36)18-14-32(3,4)35(37)33(5,6)15-18)28-20-11-25(38-7)26(39-8)13-24(20)40-16-27(28)42-30(19)21/h9-11,13,18,23,27-28H,1,12,14-16H2,2-8H3/b34-29-/t23-,27-,28+/m1/s1. The van der Waals surface area contributed by atoms with E-state index in [4.69, 9.17) is 28.5 Å². The van der Waals surface area contributed by atoms with Gasteiger partial charge in [-0.05, 0) is 71.2 Å². The topological polar surface area (TPSA) is 108 Å². The number of hydrogen-bond acceptors (Lipinski definition) is 9. The molecule has 0 spiro atoms. The summed E-state index contributed by atoms with van der Waals surface area (Å²) in [5.41, 5.74) is 2.47. The van der Waals surface area contributed by atoms with E-state index >= 15 is 0 Å². The van der Waals surface area contributed by atoms with Crippen LogP contribution in [0.1, 0.15) is 70.1 Å². The van der Waals surface area contributed by atoms with E-state index in [0.717, 1.165) is 33.1 Å². The number of oxime groups is 1. The number of carbonyl (C=O) groups excluding carboxylic acids is 1. The lowest BCUT2D eigenvalue weighted by atomic mass is 9.75. The smallest absolute Gasteiger partial charge is 0.338 e. The maximum absolute atomic E-state index is 13.6. The number of piperidine rings is 1. The first-order chi connectivity index (χ1) is 20.3.